The van der Waals surface area contributed by atoms with Gasteiger partial charge in [-0.05, 0) is 30.7 Å². The van der Waals surface area contributed by atoms with Crippen LogP contribution in [0.15, 0.2) is 48.5 Å². The summed E-state index contributed by atoms with van der Waals surface area (Å²) < 4.78 is 56.8. The minimum atomic E-state index is -4.93. The van der Waals surface area contributed by atoms with Gasteiger partial charge in [-0.1, -0.05) is 30.3 Å². The molecular formula is C19H17F4NO3. The zero-order chi connectivity index (χ0) is 20.0. The van der Waals surface area contributed by atoms with Crippen molar-refractivity contribution in [1.29, 1.82) is 0 Å². The van der Waals surface area contributed by atoms with E-state index in [4.69, 9.17) is 4.74 Å². The smallest absolute Gasteiger partial charge is 0.419 e. The second kappa shape index (κ2) is 8.66. The Kier molecular flexibility index (Phi) is 6.55. The predicted molar refractivity (Wildman–Crippen MR) is 89.3 cm³/mol. The molecule has 2 aromatic carbocycles. The number of esters is 1. The number of hydrogen-bond donors (Lipinski definition) is 1. The molecule has 0 aliphatic rings. The van der Waals surface area contributed by atoms with Crippen molar-refractivity contribution < 1.29 is 31.9 Å². The van der Waals surface area contributed by atoms with Crippen LogP contribution in [-0.4, -0.2) is 18.5 Å². The van der Waals surface area contributed by atoms with E-state index in [-0.39, 0.29) is 18.6 Å². The Bertz CT molecular complexity index is 806. The lowest BCUT2D eigenvalue weighted by atomic mass is 10.0. The molecule has 1 unspecified atom stereocenters. The first-order valence-corrected chi connectivity index (χ1v) is 8.10. The fourth-order valence-corrected chi connectivity index (χ4v) is 2.45. The van der Waals surface area contributed by atoms with Gasteiger partial charge in [0.05, 0.1) is 24.6 Å². The van der Waals surface area contributed by atoms with E-state index >= 15 is 0 Å². The monoisotopic (exact) mass is 383 g/mol. The number of hydrogen-bond acceptors (Lipinski definition) is 3. The quantitative estimate of drug-likeness (QED) is 0.599. The lowest BCUT2D eigenvalue weighted by Crippen LogP contribution is -2.31. The van der Waals surface area contributed by atoms with E-state index in [1.165, 1.54) is 0 Å². The molecule has 0 aliphatic heterocycles. The molecule has 0 saturated carbocycles. The van der Waals surface area contributed by atoms with Crippen LogP contribution in [0.2, 0.25) is 0 Å². The van der Waals surface area contributed by atoms with Crippen LogP contribution in [0.4, 0.5) is 17.6 Å². The fraction of sp³-hybridized carbons (Fsp3) is 0.263. The molecule has 0 bridgehead atoms. The zero-order valence-corrected chi connectivity index (χ0v) is 14.3. The minimum Gasteiger partial charge on any atom is -0.466 e. The highest BCUT2D eigenvalue weighted by molar-refractivity contribution is 5.95. The number of ether oxygens (including phenoxy) is 1. The maximum Gasteiger partial charge on any atom is 0.419 e. The van der Waals surface area contributed by atoms with Crippen molar-refractivity contribution in [3.05, 3.63) is 71.0 Å². The van der Waals surface area contributed by atoms with Crippen molar-refractivity contribution in [2.24, 2.45) is 0 Å². The van der Waals surface area contributed by atoms with Crippen molar-refractivity contribution in [3.8, 4) is 0 Å². The molecule has 0 spiro atoms. The van der Waals surface area contributed by atoms with Crippen molar-refractivity contribution in [2.45, 2.75) is 25.6 Å². The molecule has 8 heteroatoms. The summed E-state index contributed by atoms with van der Waals surface area (Å²) in [6.07, 6.45) is -5.12. The number of halogens is 4. The van der Waals surface area contributed by atoms with E-state index in [0.717, 1.165) is 6.07 Å². The summed E-state index contributed by atoms with van der Waals surface area (Å²) >= 11 is 0. The zero-order valence-electron chi connectivity index (χ0n) is 14.3. The van der Waals surface area contributed by atoms with E-state index < -0.39 is 35.5 Å². The van der Waals surface area contributed by atoms with Gasteiger partial charge in [0.1, 0.15) is 5.82 Å². The second-order valence-corrected chi connectivity index (χ2v) is 5.64. The lowest BCUT2D eigenvalue weighted by molar-refractivity contribution is -0.143. The summed E-state index contributed by atoms with van der Waals surface area (Å²) in [7, 11) is 0. The van der Waals surface area contributed by atoms with E-state index in [9.17, 15) is 27.2 Å². The molecule has 2 aromatic rings. The third kappa shape index (κ3) is 5.54. The molecule has 0 saturated heterocycles. The van der Waals surface area contributed by atoms with E-state index in [2.05, 4.69) is 5.32 Å². The first kappa shape index (κ1) is 20.4. The van der Waals surface area contributed by atoms with Crippen LogP contribution in [-0.2, 0) is 15.7 Å². The summed E-state index contributed by atoms with van der Waals surface area (Å²) in [6, 6.07) is 9.62. The summed E-state index contributed by atoms with van der Waals surface area (Å²) in [5.74, 6) is -2.90. The van der Waals surface area contributed by atoms with E-state index in [0.29, 0.717) is 17.7 Å². The van der Waals surface area contributed by atoms with E-state index in [1.54, 1.807) is 37.3 Å². The summed E-state index contributed by atoms with van der Waals surface area (Å²) in [6.45, 7) is 1.78. The van der Waals surface area contributed by atoms with Gasteiger partial charge in [-0.2, -0.15) is 13.2 Å². The van der Waals surface area contributed by atoms with Crippen LogP contribution in [0, 0.1) is 5.82 Å². The second-order valence-electron chi connectivity index (χ2n) is 5.64. The fourth-order valence-electron chi connectivity index (χ4n) is 2.45. The Morgan fingerprint density at radius 2 is 1.78 bits per heavy atom. The Morgan fingerprint density at radius 3 is 2.37 bits per heavy atom. The van der Waals surface area contributed by atoms with Crippen LogP contribution >= 0.6 is 0 Å². The van der Waals surface area contributed by atoms with Crippen molar-refractivity contribution in [3.63, 3.8) is 0 Å². The Balaban J connectivity index is 2.27. The third-order valence-corrected chi connectivity index (χ3v) is 3.72. The Labute approximate surface area is 153 Å². The van der Waals surface area contributed by atoms with Gasteiger partial charge < -0.3 is 10.1 Å². The first-order valence-electron chi connectivity index (χ1n) is 8.10. The van der Waals surface area contributed by atoms with Gasteiger partial charge in [0.25, 0.3) is 5.91 Å². The highest BCUT2D eigenvalue weighted by Gasteiger charge is 2.35. The lowest BCUT2D eigenvalue weighted by Gasteiger charge is -2.19. The molecule has 144 valence electrons. The Hall–Kier alpha value is -2.90. The molecule has 4 nitrogen and oxygen atoms in total. The van der Waals surface area contributed by atoms with Gasteiger partial charge in [-0.15, -0.1) is 0 Å². The number of carbonyl (C=O) groups is 2. The standard InChI is InChI=1S/C19H17F4NO3/c1-2-27-17(25)11-16(12-6-4-3-5-7-12)24-18(26)13-8-9-15(20)14(10-13)19(21,22)23/h3-10,16H,2,11H2,1H3,(H,24,26). The highest BCUT2D eigenvalue weighted by atomic mass is 19.4. The van der Waals surface area contributed by atoms with Gasteiger partial charge in [-0.3, -0.25) is 9.59 Å². The van der Waals surface area contributed by atoms with Crippen LogP contribution in [0.3, 0.4) is 0 Å². The SMILES string of the molecule is CCOC(=O)CC(NC(=O)c1ccc(F)c(C(F)(F)F)c1)c1ccccc1. The van der Waals surface area contributed by atoms with E-state index in [1.807, 2.05) is 0 Å². The average Bonchev–Trinajstić information content (AvgIpc) is 2.61. The van der Waals surface area contributed by atoms with Crippen molar-refractivity contribution >= 4 is 11.9 Å². The molecule has 0 aromatic heterocycles. The topological polar surface area (TPSA) is 55.4 Å². The molecule has 1 amide bonds. The van der Waals surface area contributed by atoms with Crippen LogP contribution in [0.5, 0.6) is 0 Å². The summed E-state index contributed by atoms with van der Waals surface area (Å²) in [5.41, 5.74) is -1.32. The predicted octanol–water partition coefficient (Wildman–Crippen LogP) is 4.27. The van der Waals surface area contributed by atoms with Gasteiger partial charge in [0.2, 0.25) is 0 Å². The largest absolute Gasteiger partial charge is 0.466 e. The molecule has 0 heterocycles. The van der Waals surface area contributed by atoms with Gasteiger partial charge >= 0.3 is 12.1 Å². The van der Waals surface area contributed by atoms with Crippen molar-refractivity contribution in [2.75, 3.05) is 6.61 Å². The molecule has 0 aliphatic carbocycles. The molecular weight excluding hydrogens is 366 g/mol. The van der Waals surface area contributed by atoms with Gasteiger partial charge in [-0.25, -0.2) is 4.39 Å². The highest BCUT2D eigenvalue weighted by Crippen LogP contribution is 2.32. The molecule has 0 fully saturated rings. The summed E-state index contributed by atoms with van der Waals surface area (Å²) in [5, 5.41) is 2.51. The number of nitrogens with one attached hydrogen (secondary N) is 1. The molecule has 27 heavy (non-hydrogen) atoms. The Morgan fingerprint density at radius 1 is 1.11 bits per heavy atom. The normalized spacial score (nSPS) is 12.3. The molecule has 1 atom stereocenters. The van der Waals surface area contributed by atoms with Crippen molar-refractivity contribution in [1.82, 2.24) is 5.32 Å². The van der Waals surface area contributed by atoms with Crippen LogP contribution in [0.25, 0.3) is 0 Å². The summed E-state index contributed by atoms with van der Waals surface area (Å²) in [4.78, 5) is 24.2. The third-order valence-electron chi connectivity index (χ3n) is 3.72. The number of carbonyl (C=O) groups excluding carboxylic acids is 2. The maximum absolute atomic E-state index is 13.4. The molecule has 2 rings (SSSR count). The molecule has 0 radical (unpaired) electrons. The minimum absolute atomic E-state index is 0.154. The van der Waals surface area contributed by atoms with Gasteiger partial charge in [0.15, 0.2) is 0 Å². The van der Waals surface area contributed by atoms with Gasteiger partial charge in [0, 0.05) is 5.56 Å². The number of benzene rings is 2. The number of alkyl halides is 3. The first-order chi connectivity index (χ1) is 12.7. The number of amides is 1. The maximum atomic E-state index is 13.4. The van der Waals surface area contributed by atoms with Crippen LogP contribution in [0.1, 0.15) is 40.9 Å². The molecule has 1 N–H and O–H groups in total. The number of rotatable bonds is 6. The van der Waals surface area contributed by atoms with Crippen LogP contribution < -0.4 is 5.32 Å². The average molecular weight is 383 g/mol.